The van der Waals surface area contributed by atoms with Crippen LogP contribution in [0.3, 0.4) is 0 Å². The lowest BCUT2D eigenvalue weighted by atomic mass is 10.1. The van der Waals surface area contributed by atoms with Crippen LogP contribution in [0.4, 0.5) is 0 Å². The van der Waals surface area contributed by atoms with Gasteiger partial charge in [-0.3, -0.25) is 4.79 Å². The smallest absolute Gasteiger partial charge is 0.353 e. The molecule has 1 aliphatic heterocycles. The Hall–Kier alpha value is -1.59. The van der Waals surface area contributed by atoms with Crippen LogP contribution in [0.15, 0.2) is 5.16 Å². The van der Waals surface area contributed by atoms with Gasteiger partial charge in [-0.1, -0.05) is 12.1 Å². The third-order valence-electron chi connectivity index (χ3n) is 3.23. The molecule has 6 nitrogen and oxygen atoms in total. The Morgan fingerprint density at radius 1 is 1.59 bits per heavy atom. The summed E-state index contributed by atoms with van der Waals surface area (Å²) >= 11 is 0. The second kappa shape index (κ2) is 4.73. The maximum Gasteiger partial charge on any atom is 0.353 e. The van der Waals surface area contributed by atoms with Gasteiger partial charge in [0, 0.05) is 13.0 Å². The van der Waals surface area contributed by atoms with E-state index in [-0.39, 0.29) is 18.0 Å². The monoisotopic (exact) mass is 240 g/mol. The molecule has 6 heteroatoms. The van der Waals surface area contributed by atoms with E-state index in [9.17, 15) is 9.59 Å². The molecule has 17 heavy (non-hydrogen) atoms. The summed E-state index contributed by atoms with van der Waals surface area (Å²) in [4.78, 5) is 27.0. The first kappa shape index (κ1) is 11.9. The highest BCUT2D eigenvalue weighted by Gasteiger charge is 2.33. The van der Waals surface area contributed by atoms with Crippen LogP contribution in [-0.4, -0.2) is 35.3 Å². The molecule has 0 spiro atoms. The number of oxime groups is 1. The van der Waals surface area contributed by atoms with Gasteiger partial charge < -0.3 is 15.3 Å². The highest BCUT2D eigenvalue weighted by molar-refractivity contribution is 6.36. The van der Waals surface area contributed by atoms with Gasteiger partial charge in [0.05, 0.1) is 0 Å². The number of aliphatic carboxylic acids is 1. The van der Waals surface area contributed by atoms with Gasteiger partial charge in [-0.2, -0.15) is 0 Å². The first-order chi connectivity index (χ1) is 8.08. The molecular formula is C11H16N2O4. The van der Waals surface area contributed by atoms with Gasteiger partial charge in [-0.05, 0) is 24.7 Å². The fourth-order valence-corrected chi connectivity index (χ4v) is 1.85. The van der Waals surface area contributed by atoms with Crippen molar-refractivity contribution in [3.8, 4) is 0 Å². The lowest BCUT2D eigenvalue weighted by molar-refractivity contribution is -0.131. The normalized spacial score (nSPS) is 24.8. The third-order valence-corrected chi connectivity index (χ3v) is 3.23. The highest BCUT2D eigenvalue weighted by Crippen LogP contribution is 2.36. The van der Waals surface area contributed by atoms with E-state index in [1.54, 1.807) is 0 Å². The van der Waals surface area contributed by atoms with Crippen molar-refractivity contribution in [2.75, 3.05) is 6.54 Å². The van der Waals surface area contributed by atoms with Gasteiger partial charge >= 0.3 is 5.97 Å². The van der Waals surface area contributed by atoms with E-state index in [0.717, 1.165) is 5.92 Å². The predicted octanol–water partition coefficient (Wildman–Crippen LogP) is 0.378. The second-order valence-electron chi connectivity index (χ2n) is 4.70. The van der Waals surface area contributed by atoms with Crippen LogP contribution in [0.2, 0.25) is 0 Å². The topological polar surface area (TPSA) is 88.0 Å². The lowest BCUT2D eigenvalue weighted by Gasteiger charge is -2.13. The van der Waals surface area contributed by atoms with E-state index < -0.39 is 12.1 Å². The Kier molecular flexibility index (Phi) is 3.31. The van der Waals surface area contributed by atoms with Crippen LogP contribution in [0.1, 0.15) is 26.2 Å². The molecule has 1 heterocycles. The first-order valence-electron chi connectivity index (χ1n) is 5.81. The van der Waals surface area contributed by atoms with Gasteiger partial charge in [0.2, 0.25) is 6.10 Å². The summed E-state index contributed by atoms with van der Waals surface area (Å²) in [5.74, 6) is -0.213. The molecule has 2 N–H and O–H groups in total. The zero-order chi connectivity index (χ0) is 12.4. The summed E-state index contributed by atoms with van der Waals surface area (Å²) in [6, 6.07) is 0. The third kappa shape index (κ3) is 2.95. The molecule has 1 amide bonds. The van der Waals surface area contributed by atoms with E-state index in [1.165, 1.54) is 12.8 Å². The van der Waals surface area contributed by atoms with Gasteiger partial charge in [0.25, 0.3) is 5.91 Å². The highest BCUT2D eigenvalue weighted by atomic mass is 16.6. The van der Waals surface area contributed by atoms with Crippen LogP contribution in [0, 0.1) is 11.8 Å². The molecule has 0 saturated heterocycles. The first-order valence-corrected chi connectivity index (χ1v) is 5.81. The number of carboxylic acid groups (broad SMARTS) is 1. The number of carbonyl (C=O) groups is 2. The molecule has 1 fully saturated rings. The van der Waals surface area contributed by atoms with Crippen LogP contribution in [0.5, 0.6) is 0 Å². The van der Waals surface area contributed by atoms with Gasteiger partial charge in [0.15, 0.2) is 5.71 Å². The molecule has 94 valence electrons. The molecule has 2 atom stereocenters. The summed E-state index contributed by atoms with van der Waals surface area (Å²) < 4.78 is 0. The average molecular weight is 240 g/mol. The van der Waals surface area contributed by atoms with Gasteiger partial charge in [-0.25, -0.2) is 4.79 Å². The molecule has 0 aromatic carbocycles. The largest absolute Gasteiger partial charge is 0.477 e. The molecule has 2 rings (SSSR count). The van der Waals surface area contributed by atoms with Crippen molar-refractivity contribution in [1.82, 2.24) is 5.32 Å². The number of nitrogens with zero attached hydrogens (tertiary/aromatic N) is 1. The average Bonchev–Trinajstić information content (AvgIpc) is 3.02. The SMILES string of the molecule is CC(CNC(=O)C1CC(C(=O)O)=NO1)C1CC1. The maximum atomic E-state index is 11.7. The summed E-state index contributed by atoms with van der Waals surface area (Å²) in [6.07, 6.45) is 1.73. The lowest BCUT2D eigenvalue weighted by Crippen LogP contribution is -2.37. The van der Waals surface area contributed by atoms with Gasteiger partial charge in [0.1, 0.15) is 0 Å². The van der Waals surface area contributed by atoms with E-state index in [0.29, 0.717) is 12.5 Å². The second-order valence-corrected chi connectivity index (χ2v) is 4.70. The number of nitrogens with one attached hydrogen (secondary N) is 1. The van der Waals surface area contributed by atoms with Crippen LogP contribution in [-0.2, 0) is 14.4 Å². The Morgan fingerprint density at radius 2 is 2.29 bits per heavy atom. The Balaban J connectivity index is 1.72. The zero-order valence-corrected chi connectivity index (χ0v) is 9.68. The molecule has 2 aliphatic rings. The van der Waals surface area contributed by atoms with Crippen molar-refractivity contribution in [3.05, 3.63) is 0 Å². The molecule has 1 saturated carbocycles. The quantitative estimate of drug-likeness (QED) is 0.727. The summed E-state index contributed by atoms with van der Waals surface area (Å²) in [6.45, 7) is 2.72. The number of carboxylic acids is 1. The number of hydrogen-bond acceptors (Lipinski definition) is 4. The molecule has 0 radical (unpaired) electrons. The molecular weight excluding hydrogens is 224 g/mol. The molecule has 2 unspecified atom stereocenters. The van der Waals surface area contributed by atoms with E-state index >= 15 is 0 Å². The van der Waals surface area contributed by atoms with Crippen LogP contribution < -0.4 is 5.32 Å². The standard InChI is InChI=1S/C11H16N2O4/c1-6(7-2-3-7)5-12-10(14)9-4-8(11(15)16)13-17-9/h6-7,9H,2-5H2,1H3,(H,12,14)(H,15,16). The van der Waals surface area contributed by atoms with Crippen molar-refractivity contribution in [2.45, 2.75) is 32.3 Å². The molecule has 0 aromatic heterocycles. The number of hydrogen-bond donors (Lipinski definition) is 2. The van der Waals surface area contributed by atoms with Crippen molar-refractivity contribution >= 4 is 17.6 Å². The summed E-state index contributed by atoms with van der Waals surface area (Å²) in [5, 5.41) is 14.8. The Bertz CT molecular complexity index is 362. The molecule has 1 aliphatic carbocycles. The Labute approximate surface area is 99.0 Å². The molecule has 0 bridgehead atoms. The minimum atomic E-state index is -1.13. The maximum absolute atomic E-state index is 11.7. The van der Waals surface area contributed by atoms with Crippen LogP contribution >= 0.6 is 0 Å². The van der Waals surface area contributed by atoms with Crippen molar-refractivity contribution < 1.29 is 19.5 Å². The van der Waals surface area contributed by atoms with Crippen molar-refractivity contribution in [1.29, 1.82) is 0 Å². The van der Waals surface area contributed by atoms with Crippen molar-refractivity contribution in [3.63, 3.8) is 0 Å². The number of rotatable bonds is 5. The Morgan fingerprint density at radius 3 is 2.82 bits per heavy atom. The molecule has 0 aromatic rings. The van der Waals surface area contributed by atoms with Gasteiger partial charge in [-0.15, -0.1) is 0 Å². The van der Waals surface area contributed by atoms with E-state index in [4.69, 9.17) is 9.94 Å². The number of amides is 1. The zero-order valence-electron chi connectivity index (χ0n) is 9.68. The minimum absolute atomic E-state index is 0.0407. The fourth-order valence-electron chi connectivity index (χ4n) is 1.85. The fraction of sp³-hybridized carbons (Fsp3) is 0.727. The van der Waals surface area contributed by atoms with E-state index in [2.05, 4.69) is 17.4 Å². The summed E-state index contributed by atoms with van der Waals surface area (Å²) in [5.41, 5.74) is -0.0969. The van der Waals surface area contributed by atoms with Crippen molar-refractivity contribution in [2.24, 2.45) is 17.0 Å². The minimum Gasteiger partial charge on any atom is -0.477 e. The van der Waals surface area contributed by atoms with E-state index in [1.807, 2.05) is 0 Å². The number of carbonyl (C=O) groups excluding carboxylic acids is 1. The summed E-state index contributed by atoms with van der Waals surface area (Å²) in [7, 11) is 0. The predicted molar refractivity (Wildman–Crippen MR) is 59.5 cm³/mol. The van der Waals surface area contributed by atoms with Crippen LogP contribution in [0.25, 0.3) is 0 Å².